The number of rotatable bonds is 6. The minimum absolute atomic E-state index is 0.0135. The van der Waals surface area contributed by atoms with E-state index in [9.17, 15) is 13.2 Å². The van der Waals surface area contributed by atoms with Crippen LogP contribution in [0.4, 0.5) is 5.69 Å². The molecule has 23 heavy (non-hydrogen) atoms. The molecule has 1 atom stereocenters. The van der Waals surface area contributed by atoms with E-state index in [4.69, 9.17) is 27.9 Å². The van der Waals surface area contributed by atoms with E-state index in [0.29, 0.717) is 13.2 Å². The monoisotopic (exact) mass is 380 g/mol. The van der Waals surface area contributed by atoms with Crippen LogP contribution < -0.4 is 9.62 Å². The molecule has 1 N–H and O–H groups in total. The molecule has 0 aliphatic carbocycles. The Balaban J connectivity index is 2.10. The molecule has 1 fully saturated rings. The summed E-state index contributed by atoms with van der Waals surface area (Å²) in [7, 11) is -3.69. The Labute approximate surface area is 145 Å². The Morgan fingerprint density at radius 2 is 2.17 bits per heavy atom. The fourth-order valence-electron chi connectivity index (χ4n) is 2.29. The van der Waals surface area contributed by atoms with Gasteiger partial charge in [-0.25, -0.2) is 8.42 Å². The number of carbonyl (C=O) groups excluding carboxylic acids is 1. The first-order valence-electron chi connectivity index (χ1n) is 7.09. The lowest BCUT2D eigenvalue weighted by molar-refractivity contribution is -0.120. The van der Waals surface area contributed by atoms with Gasteiger partial charge in [0.15, 0.2) is 0 Å². The number of nitrogens with one attached hydrogen (secondary N) is 1. The van der Waals surface area contributed by atoms with Crippen molar-refractivity contribution in [1.82, 2.24) is 5.32 Å². The minimum atomic E-state index is -3.69. The van der Waals surface area contributed by atoms with Crippen LogP contribution in [0.3, 0.4) is 0 Å². The fraction of sp³-hybridized carbons (Fsp3) is 0.500. The molecule has 9 heteroatoms. The van der Waals surface area contributed by atoms with E-state index < -0.39 is 15.9 Å². The Kier molecular flexibility index (Phi) is 6.13. The van der Waals surface area contributed by atoms with Crippen LogP contribution in [0.1, 0.15) is 12.8 Å². The van der Waals surface area contributed by atoms with Crippen LogP contribution >= 0.6 is 23.2 Å². The van der Waals surface area contributed by atoms with E-state index in [1.54, 1.807) is 12.1 Å². The van der Waals surface area contributed by atoms with E-state index in [-0.39, 0.29) is 28.4 Å². The van der Waals surface area contributed by atoms with Gasteiger partial charge in [0.2, 0.25) is 15.9 Å². The molecular formula is C14H18Cl2N2O4S. The molecule has 128 valence electrons. The molecule has 0 saturated carbocycles. The molecule has 1 saturated heterocycles. The minimum Gasteiger partial charge on any atom is -0.376 e. The van der Waals surface area contributed by atoms with Gasteiger partial charge in [0.05, 0.1) is 28.1 Å². The molecule has 0 radical (unpaired) electrons. The number of hydrogen-bond donors (Lipinski definition) is 1. The van der Waals surface area contributed by atoms with Gasteiger partial charge in [0.1, 0.15) is 6.54 Å². The van der Waals surface area contributed by atoms with Crippen LogP contribution in [0.15, 0.2) is 18.2 Å². The number of amides is 1. The number of anilines is 1. The lowest BCUT2D eigenvalue weighted by atomic mass is 10.2. The lowest BCUT2D eigenvalue weighted by Gasteiger charge is -2.23. The predicted molar refractivity (Wildman–Crippen MR) is 90.6 cm³/mol. The predicted octanol–water partition coefficient (Wildman–Crippen LogP) is 2.05. The maximum atomic E-state index is 12.1. The van der Waals surface area contributed by atoms with Gasteiger partial charge in [-0.15, -0.1) is 0 Å². The number of benzene rings is 1. The quantitative estimate of drug-likeness (QED) is 0.819. The number of ether oxygens (including phenoxy) is 1. The third-order valence-corrected chi connectivity index (χ3v) is 5.37. The smallest absolute Gasteiger partial charge is 0.240 e. The highest BCUT2D eigenvalue weighted by Crippen LogP contribution is 2.33. The Morgan fingerprint density at radius 1 is 1.43 bits per heavy atom. The summed E-state index contributed by atoms with van der Waals surface area (Å²) in [5, 5.41) is 2.99. The van der Waals surface area contributed by atoms with Crippen molar-refractivity contribution in [2.24, 2.45) is 0 Å². The Bertz CT molecular complexity index is 675. The maximum absolute atomic E-state index is 12.1. The second kappa shape index (κ2) is 7.70. The second-order valence-corrected chi connectivity index (χ2v) is 7.97. The Hall–Kier alpha value is -1.02. The van der Waals surface area contributed by atoms with Crippen LogP contribution in [0.5, 0.6) is 0 Å². The highest BCUT2D eigenvalue weighted by molar-refractivity contribution is 7.92. The van der Waals surface area contributed by atoms with E-state index in [0.717, 1.165) is 23.4 Å². The standard InChI is InChI=1S/C14H18Cl2N2O4S/c1-23(20,21)18(12-6-2-5-11(15)14(12)16)9-13(19)17-8-10-4-3-7-22-10/h2,5-6,10H,3-4,7-9H2,1H3,(H,17,19). The molecule has 6 nitrogen and oxygen atoms in total. The number of carbonyl (C=O) groups is 1. The normalized spacial score (nSPS) is 18.0. The molecule has 1 aliphatic heterocycles. The number of nitrogens with zero attached hydrogens (tertiary/aromatic N) is 1. The molecule has 0 spiro atoms. The van der Waals surface area contributed by atoms with Crippen LogP contribution in [-0.2, 0) is 19.6 Å². The summed E-state index contributed by atoms with van der Waals surface area (Å²) in [6, 6.07) is 4.62. The lowest BCUT2D eigenvalue weighted by Crippen LogP contribution is -2.42. The zero-order valence-corrected chi connectivity index (χ0v) is 14.9. The van der Waals surface area contributed by atoms with Gasteiger partial charge in [-0.1, -0.05) is 29.3 Å². The number of halogens is 2. The number of sulfonamides is 1. The molecule has 1 aromatic rings. The van der Waals surface area contributed by atoms with Crippen molar-refractivity contribution in [2.45, 2.75) is 18.9 Å². The van der Waals surface area contributed by atoms with Crippen molar-refractivity contribution in [3.05, 3.63) is 28.2 Å². The molecule has 1 heterocycles. The first-order chi connectivity index (χ1) is 10.8. The highest BCUT2D eigenvalue weighted by atomic mass is 35.5. The van der Waals surface area contributed by atoms with Crippen LogP contribution in [0, 0.1) is 0 Å². The zero-order chi connectivity index (χ0) is 17.0. The molecule has 2 rings (SSSR count). The molecule has 1 amide bonds. The first-order valence-corrected chi connectivity index (χ1v) is 9.69. The van der Waals surface area contributed by atoms with Gasteiger partial charge in [0.25, 0.3) is 0 Å². The SMILES string of the molecule is CS(=O)(=O)N(CC(=O)NCC1CCCO1)c1cccc(Cl)c1Cl. The van der Waals surface area contributed by atoms with E-state index >= 15 is 0 Å². The summed E-state index contributed by atoms with van der Waals surface area (Å²) in [6.07, 6.45) is 2.85. The van der Waals surface area contributed by atoms with Gasteiger partial charge in [-0.2, -0.15) is 0 Å². The van der Waals surface area contributed by atoms with Crippen molar-refractivity contribution in [1.29, 1.82) is 0 Å². The maximum Gasteiger partial charge on any atom is 0.240 e. The van der Waals surface area contributed by atoms with Gasteiger partial charge < -0.3 is 10.1 Å². The fourth-order valence-corrected chi connectivity index (χ4v) is 3.59. The van der Waals surface area contributed by atoms with Gasteiger partial charge in [0, 0.05) is 13.2 Å². The molecule has 1 aromatic carbocycles. The summed E-state index contributed by atoms with van der Waals surface area (Å²) in [6.45, 7) is 0.680. The summed E-state index contributed by atoms with van der Waals surface area (Å²) in [5.41, 5.74) is 0.175. The molecule has 0 aromatic heterocycles. The first kappa shape index (κ1) is 18.3. The zero-order valence-electron chi connectivity index (χ0n) is 12.6. The van der Waals surface area contributed by atoms with Gasteiger partial charge in [-0.05, 0) is 25.0 Å². The highest BCUT2D eigenvalue weighted by Gasteiger charge is 2.24. The van der Waals surface area contributed by atoms with Gasteiger partial charge >= 0.3 is 0 Å². The van der Waals surface area contributed by atoms with Crippen molar-refractivity contribution in [3.8, 4) is 0 Å². The van der Waals surface area contributed by atoms with Crippen molar-refractivity contribution in [2.75, 3.05) is 30.3 Å². The molecule has 0 bridgehead atoms. The average Bonchev–Trinajstić information content (AvgIpc) is 2.98. The topological polar surface area (TPSA) is 75.7 Å². The molecule has 1 aliphatic rings. The van der Waals surface area contributed by atoms with Crippen LogP contribution in [0.25, 0.3) is 0 Å². The number of hydrogen-bond acceptors (Lipinski definition) is 4. The Morgan fingerprint density at radius 3 is 2.78 bits per heavy atom. The summed E-state index contributed by atoms with van der Waals surface area (Å²) < 4.78 is 30.4. The van der Waals surface area contributed by atoms with Crippen LogP contribution in [-0.4, -0.2) is 46.4 Å². The van der Waals surface area contributed by atoms with E-state index in [1.165, 1.54) is 6.07 Å². The third-order valence-electron chi connectivity index (χ3n) is 3.44. The molecular weight excluding hydrogens is 363 g/mol. The van der Waals surface area contributed by atoms with Crippen LogP contribution in [0.2, 0.25) is 10.0 Å². The average molecular weight is 381 g/mol. The van der Waals surface area contributed by atoms with Crippen molar-refractivity contribution < 1.29 is 17.9 Å². The summed E-state index contributed by atoms with van der Waals surface area (Å²) in [5.74, 6) is -0.429. The summed E-state index contributed by atoms with van der Waals surface area (Å²) >= 11 is 12.0. The largest absolute Gasteiger partial charge is 0.376 e. The molecule has 1 unspecified atom stereocenters. The third kappa shape index (κ3) is 4.97. The van der Waals surface area contributed by atoms with E-state index in [1.807, 2.05) is 0 Å². The second-order valence-electron chi connectivity index (χ2n) is 5.28. The van der Waals surface area contributed by atoms with Crippen molar-refractivity contribution in [3.63, 3.8) is 0 Å². The van der Waals surface area contributed by atoms with Crippen molar-refractivity contribution >= 4 is 44.8 Å². The van der Waals surface area contributed by atoms with Gasteiger partial charge in [-0.3, -0.25) is 9.10 Å². The van der Waals surface area contributed by atoms with E-state index in [2.05, 4.69) is 5.32 Å². The summed E-state index contributed by atoms with van der Waals surface area (Å²) in [4.78, 5) is 12.1.